The zero-order valence-electron chi connectivity index (χ0n) is 10.5. The molecular weight excluding hydrogens is 257 g/mol. The van der Waals surface area contributed by atoms with Crippen LogP contribution in [0.2, 0.25) is 5.02 Å². The third-order valence-corrected chi connectivity index (χ3v) is 4.20. The van der Waals surface area contributed by atoms with E-state index in [1.807, 2.05) is 18.7 Å². The topological polar surface area (TPSA) is 12.0 Å². The van der Waals surface area contributed by atoms with Gasteiger partial charge in [0.05, 0.1) is 0 Å². The summed E-state index contributed by atoms with van der Waals surface area (Å²) in [5.74, 6) is -0.290. The highest BCUT2D eigenvalue weighted by Crippen LogP contribution is 2.23. The second kappa shape index (κ2) is 7.24. The molecule has 0 saturated carbocycles. The van der Waals surface area contributed by atoms with E-state index in [0.29, 0.717) is 10.3 Å². The molecule has 2 atom stereocenters. The monoisotopic (exact) mass is 275 g/mol. The predicted molar refractivity (Wildman–Crippen MR) is 75.4 cm³/mol. The molecule has 1 rings (SSSR count). The number of halogens is 2. The van der Waals surface area contributed by atoms with E-state index in [2.05, 4.69) is 18.5 Å². The number of hydrogen-bond acceptors (Lipinski definition) is 2. The van der Waals surface area contributed by atoms with Gasteiger partial charge in [0.15, 0.2) is 0 Å². The molecule has 17 heavy (non-hydrogen) atoms. The van der Waals surface area contributed by atoms with Crippen molar-refractivity contribution in [2.45, 2.75) is 31.6 Å². The maximum absolute atomic E-state index is 12.9. The summed E-state index contributed by atoms with van der Waals surface area (Å²) < 4.78 is 12.9. The third kappa shape index (κ3) is 4.86. The minimum absolute atomic E-state index is 0.150. The normalized spacial score (nSPS) is 14.6. The number of thioether (sulfide) groups is 1. The molecule has 1 aromatic carbocycles. The van der Waals surface area contributed by atoms with E-state index in [4.69, 9.17) is 11.6 Å². The third-order valence-electron chi connectivity index (χ3n) is 2.83. The largest absolute Gasteiger partial charge is 0.310 e. The van der Waals surface area contributed by atoms with Crippen molar-refractivity contribution in [2.24, 2.45) is 0 Å². The summed E-state index contributed by atoms with van der Waals surface area (Å²) in [6.45, 7) is 5.20. The Hall–Kier alpha value is -0.250. The van der Waals surface area contributed by atoms with Crippen molar-refractivity contribution >= 4 is 23.4 Å². The van der Waals surface area contributed by atoms with Crippen molar-refractivity contribution in [1.29, 1.82) is 0 Å². The number of rotatable bonds is 6. The highest BCUT2D eigenvalue weighted by molar-refractivity contribution is 7.99. The van der Waals surface area contributed by atoms with Crippen LogP contribution in [-0.2, 0) is 0 Å². The lowest BCUT2D eigenvalue weighted by molar-refractivity contribution is 0.556. The van der Waals surface area contributed by atoms with Crippen LogP contribution < -0.4 is 5.32 Å². The fraction of sp³-hybridized carbons (Fsp3) is 0.538. The molecule has 0 heterocycles. The van der Waals surface area contributed by atoms with Crippen molar-refractivity contribution in [3.05, 3.63) is 34.6 Å². The summed E-state index contributed by atoms with van der Waals surface area (Å²) >= 11 is 7.87. The first-order valence-corrected chi connectivity index (χ1v) is 7.42. The molecule has 0 aliphatic carbocycles. The van der Waals surface area contributed by atoms with Gasteiger partial charge in [-0.25, -0.2) is 4.39 Å². The summed E-state index contributed by atoms with van der Waals surface area (Å²) in [5, 5.41) is 4.54. The molecule has 4 heteroatoms. The number of benzene rings is 1. The molecule has 0 aliphatic heterocycles. The van der Waals surface area contributed by atoms with E-state index < -0.39 is 0 Å². The van der Waals surface area contributed by atoms with Gasteiger partial charge in [-0.05, 0) is 43.8 Å². The second-order valence-electron chi connectivity index (χ2n) is 4.18. The van der Waals surface area contributed by atoms with Gasteiger partial charge in [-0.3, -0.25) is 0 Å². The fourth-order valence-corrected chi connectivity index (χ4v) is 2.27. The first-order chi connectivity index (χ1) is 8.04. The second-order valence-corrected chi connectivity index (χ2v) is 5.86. The Morgan fingerprint density at radius 1 is 1.41 bits per heavy atom. The molecule has 0 amide bonds. The molecule has 1 nitrogen and oxygen atoms in total. The predicted octanol–water partition coefficient (Wildman–Crippen LogP) is 4.27. The highest BCUT2D eigenvalue weighted by atomic mass is 35.5. The zero-order valence-corrected chi connectivity index (χ0v) is 12.0. The summed E-state index contributed by atoms with van der Waals surface area (Å²) in [4.78, 5) is 0. The van der Waals surface area contributed by atoms with Crippen molar-refractivity contribution in [2.75, 3.05) is 12.8 Å². The molecule has 1 aromatic rings. The van der Waals surface area contributed by atoms with Crippen LogP contribution >= 0.6 is 23.4 Å². The lowest BCUT2D eigenvalue weighted by atomic mass is 10.1. The van der Waals surface area contributed by atoms with Crippen LogP contribution in [0.1, 0.15) is 31.9 Å². The Bertz CT molecular complexity index is 359. The van der Waals surface area contributed by atoms with E-state index in [-0.39, 0.29) is 11.9 Å². The lowest BCUT2D eigenvalue weighted by Crippen LogP contribution is -2.22. The van der Waals surface area contributed by atoms with Gasteiger partial charge in [0.2, 0.25) is 0 Å². The molecular formula is C13H19ClFNS. The van der Waals surface area contributed by atoms with E-state index in [9.17, 15) is 4.39 Å². The van der Waals surface area contributed by atoms with Gasteiger partial charge >= 0.3 is 0 Å². The molecule has 0 spiro atoms. The Kier molecular flexibility index (Phi) is 6.31. The first kappa shape index (κ1) is 14.8. The Labute approximate surface area is 112 Å². The van der Waals surface area contributed by atoms with E-state index in [1.165, 1.54) is 12.1 Å². The summed E-state index contributed by atoms with van der Waals surface area (Å²) in [5.41, 5.74) is 0.949. The quantitative estimate of drug-likeness (QED) is 0.832. The minimum atomic E-state index is -0.290. The summed E-state index contributed by atoms with van der Waals surface area (Å²) in [6.07, 6.45) is 3.23. The molecule has 1 N–H and O–H groups in total. The van der Waals surface area contributed by atoms with Crippen LogP contribution in [0.4, 0.5) is 4.39 Å². The van der Waals surface area contributed by atoms with Gasteiger partial charge < -0.3 is 5.32 Å². The Morgan fingerprint density at radius 2 is 2.12 bits per heavy atom. The molecule has 0 saturated heterocycles. The van der Waals surface area contributed by atoms with Crippen molar-refractivity contribution in [3.8, 4) is 0 Å². The first-order valence-electron chi connectivity index (χ1n) is 5.75. The Balaban J connectivity index is 2.49. The molecule has 0 bridgehead atoms. The van der Waals surface area contributed by atoms with Gasteiger partial charge in [-0.1, -0.05) is 24.6 Å². The highest BCUT2D eigenvalue weighted by Gasteiger charge is 2.10. The maximum atomic E-state index is 12.9. The van der Waals surface area contributed by atoms with Crippen molar-refractivity contribution in [1.82, 2.24) is 5.32 Å². The van der Waals surface area contributed by atoms with Crippen LogP contribution in [0.3, 0.4) is 0 Å². The fourth-order valence-electron chi connectivity index (χ4n) is 1.58. The van der Waals surface area contributed by atoms with Crippen LogP contribution in [0, 0.1) is 5.82 Å². The maximum Gasteiger partial charge on any atom is 0.124 e. The molecule has 2 unspecified atom stereocenters. The number of hydrogen-bond donors (Lipinski definition) is 1. The van der Waals surface area contributed by atoms with Crippen LogP contribution in [-0.4, -0.2) is 18.1 Å². The van der Waals surface area contributed by atoms with Crippen molar-refractivity contribution in [3.63, 3.8) is 0 Å². The van der Waals surface area contributed by atoms with Gasteiger partial charge in [0.1, 0.15) is 5.82 Å². The van der Waals surface area contributed by atoms with Crippen LogP contribution in [0.15, 0.2) is 18.2 Å². The minimum Gasteiger partial charge on any atom is -0.310 e. The summed E-state index contributed by atoms with van der Waals surface area (Å²) in [6, 6.07) is 4.70. The van der Waals surface area contributed by atoms with Crippen LogP contribution in [0.25, 0.3) is 0 Å². The van der Waals surface area contributed by atoms with Crippen molar-refractivity contribution < 1.29 is 4.39 Å². The molecule has 96 valence electrons. The summed E-state index contributed by atoms with van der Waals surface area (Å²) in [7, 11) is 0. The van der Waals surface area contributed by atoms with Crippen LogP contribution in [0.5, 0.6) is 0 Å². The molecule has 0 radical (unpaired) electrons. The molecule has 0 aromatic heterocycles. The lowest BCUT2D eigenvalue weighted by Gasteiger charge is -2.17. The zero-order chi connectivity index (χ0) is 12.8. The van der Waals surface area contributed by atoms with E-state index >= 15 is 0 Å². The van der Waals surface area contributed by atoms with Gasteiger partial charge in [-0.15, -0.1) is 0 Å². The number of nitrogens with one attached hydrogen (secondary N) is 1. The SMILES string of the molecule is CSC(C)CCNC(C)c1ccc(F)cc1Cl. The standard InChI is InChI=1S/C13H19ClFNS/c1-9(17-3)6-7-16-10(2)12-5-4-11(15)8-13(12)14/h4-5,8-10,16H,6-7H2,1-3H3. The van der Waals surface area contributed by atoms with Gasteiger partial charge in [0, 0.05) is 16.3 Å². The molecule has 0 aliphatic rings. The van der Waals surface area contributed by atoms with E-state index in [0.717, 1.165) is 18.5 Å². The molecule has 0 fully saturated rings. The van der Waals surface area contributed by atoms with E-state index in [1.54, 1.807) is 6.07 Å². The average Bonchev–Trinajstić information content (AvgIpc) is 2.28. The average molecular weight is 276 g/mol. The smallest absolute Gasteiger partial charge is 0.124 e. The van der Waals surface area contributed by atoms with Gasteiger partial charge in [-0.2, -0.15) is 11.8 Å². The van der Waals surface area contributed by atoms with Gasteiger partial charge in [0.25, 0.3) is 0 Å². The Morgan fingerprint density at radius 3 is 2.71 bits per heavy atom.